The van der Waals surface area contributed by atoms with Gasteiger partial charge in [-0.05, 0) is 38.0 Å². The maximum atomic E-state index is 12.1. The van der Waals surface area contributed by atoms with Crippen LogP contribution in [-0.4, -0.2) is 32.2 Å². The van der Waals surface area contributed by atoms with Crippen molar-refractivity contribution < 1.29 is 19.2 Å². The highest BCUT2D eigenvalue weighted by Crippen LogP contribution is 2.30. The molecule has 4 rings (SSSR count). The van der Waals surface area contributed by atoms with Gasteiger partial charge >= 0.3 is 0 Å². The first-order valence-corrected chi connectivity index (χ1v) is 9.54. The number of carbonyl (C=O) groups is 1. The maximum absolute atomic E-state index is 12.1. The van der Waals surface area contributed by atoms with E-state index in [1.54, 1.807) is 19.3 Å². The molecule has 2 atom stereocenters. The Morgan fingerprint density at radius 3 is 2.93 bits per heavy atom. The molecular formula is C21H22N4O4. The van der Waals surface area contributed by atoms with Crippen molar-refractivity contribution in [2.24, 2.45) is 5.92 Å². The Bertz CT molecular complexity index is 970. The molecule has 1 amide bonds. The van der Waals surface area contributed by atoms with Crippen LogP contribution >= 0.6 is 0 Å². The Hall–Kier alpha value is -3.26. The van der Waals surface area contributed by atoms with E-state index in [2.05, 4.69) is 20.4 Å². The summed E-state index contributed by atoms with van der Waals surface area (Å²) in [6.07, 6.45) is 4.35. The van der Waals surface area contributed by atoms with Crippen molar-refractivity contribution in [1.29, 1.82) is 0 Å². The van der Waals surface area contributed by atoms with Crippen LogP contribution in [-0.2, 0) is 11.4 Å². The Kier molecular flexibility index (Phi) is 5.53. The summed E-state index contributed by atoms with van der Waals surface area (Å²) in [5, 5.41) is 16.8. The van der Waals surface area contributed by atoms with Crippen LogP contribution in [0.3, 0.4) is 0 Å². The van der Waals surface area contributed by atoms with Gasteiger partial charge in [0, 0.05) is 29.4 Å². The van der Waals surface area contributed by atoms with E-state index in [4.69, 9.17) is 9.26 Å². The van der Waals surface area contributed by atoms with Crippen LogP contribution in [0.15, 0.2) is 53.3 Å². The number of amides is 1. The molecule has 2 aromatic heterocycles. The van der Waals surface area contributed by atoms with Crippen molar-refractivity contribution in [3.05, 3.63) is 60.2 Å². The molecule has 1 saturated carbocycles. The van der Waals surface area contributed by atoms with Crippen molar-refractivity contribution in [2.75, 3.05) is 0 Å². The molecule has 0 radical (unpaired) electrons. The predicted octanol–water partition coefficient (Wildman–Crippen LogP) is 2.66. The van der Waals surface area contributed by atoms with Crippen LogP contribution in [0.1, 0.15) is 37.3 Å². The first kappa shape index (κ1) is 19.1. The molecule has 0 saturated heterocycles. The first-order valence-electron chi connectivity index (χ1n) is 9.54. The average molecular weight is 394 g/mol. The summed E-state index contributed by atoms with van der Waals surface area (Å²) in [6, 6.07) is 10.4. The molecule has 2 heterocycles. The van der Waals surface area contributed by atoms with Gasteiger partial charge in [0.05, 0.1) is 6.10 Å². The molecular weight excluding hydrogens is 372 g/mol. The number of hydrogen-bond acceptors (Lipinski definition) is 7. The third kappa shape index (κ3) is 4.78. The molecule has 1 aliphatic rings. The van der Waals surface area contributed by atoms with Crippen molar-refractivity contribution in [1.82, 2.24) is 20.4 Å². The molecule has 8 nitrogen and oxygen atoms in total. The van der Waals surface area contributed by atoms with Gasteiger partial charge in [-0.2, -0.15) is 4.98 Å². The van der Waals surface area contributed by atoms with E-state index < -0.39 is 12.1 Å². The summed E-state index contributed by atoms with van der Waals surface area (Å²) < 4.78 is 11.1. The van der Waals surface area contributed by atoms with Gasteiger partial charge in [-0.1, -0.05) is 23.4 Å². The number of rotatable bonds is 8. The minimum atomic E-state index is -0.861. The fourth-order valence-electron chi connectivity index (χ4n) is 2.86. The highest BCUT2D eigenvalue weighted by molar-refractivity contribution is 5.81. The molecule has 2 N–H and O–H groups in total. The van der Waals surface area contributed by atoms with Gasteiger partial charge < -0.3 is 19.7 Å². The molecule has 150 valence electrons. The third-order valence-electron chi connectivity index (χ3n) is 4.66. The second-order valence-corrected chi connectivity index (χ2v) is 7.14. The Labute approximate surface area is 167 Å². The number of nitrogens with one attached hydrogen (secondary N) is 1. The van der Waals surface area contributed by atoms with Gasteiger partial charge in [0.2, 0.25) is 11.7 Å². The quantitative estimate of drug-likeness (QED) is 0.604. The summed E-state index contributed by atoms with van der Waals surface area (Å²) in [4.78, 5) is 20.5. The number of benzene rings is 1. The lowest BCUT2D eigenvalue weighted by Crippen LogP contribution is -2.36. The SMILES string of the molecule is C[C@H](O)[C@@H](NC(=O)C1CC1)c1nc(-c2cccc(OCc3cccnc3)c2)no1. The fourth-order valence-corrected chi connectivity index (χ4v) is 2.86. The Balaban J connectivity index is 1.47. The van der Waals surface area contributed by atoms with Crippen LogP contribution in [0.25, 0.3) is 11.4 Å². The normalized spacial score (nSPS) is 15.5. The number of ether oxygens (including phenoxy) is 1. The number of hydrogen-bond donors (Lipinski definition) is 2. The summed E-state index contributed by atoms with van der Waals surface area (Å²) in [6.45, 7) is 1.97. The number of nitrogens with zero attached hydrogens (tertiary/aromatic N) is 3. The zero-order valence-electron chi connectivity index (χ0n) is 16.0. The monoisotopic (exact) mass is 394 g/mol. The van der Waals surface area contributed by atoms with Crippen molar-refractivity contribution in [2.45, 2.75) is 38.5 Å². The third-order valence-corrected chi connectivity index (χ3v) is 4.66. The summed E-state index contributed by atoms with van der Waals surface area (Å²) >= 11 is 0. The van der Waals surface area contributed by atoms with Crippen molar-refractivity contribution in [3.63, 3.8) is 0 Å². The number of aliphatic hydroxyl groups is 1. The Morgan fingerprint density at radius 1 is 1.34 bits per heavy atom. The maximum Gasteiger partial charge on any atom is 0.252 e. The standard InChI is InChI=1S/C21H22N4O4/c1-13(26)18(23-20(27)15-7-8-15)21-24-19(25-29-21)16-5-2-6-17(10-16)28-12-14-4-3-9-22-11-14/h2-6,9-11,13,15,18,26H,7-8,12H2,1H3,(H,23,27)/t13-,18+/m0/s1. The van der Waals surface area contributed by atoms with E-state index in [9.17, 15) is 9.90 Å². The molecule has 0 aliphatic heterocycles. The largest absolute Gasteiger partial charge is 0.489 e. The van der Waals surface area contributed by atoms with Gasteiger partial charge in [-0.3, -0.25) is 9.78 Å². The van der Waals surface area contributed by atoms with E-state index in [0.717, 1.165) is 18.4 Å². The first-order chi connectivity index (χ1) is 14.1. The van der Waals surface area contributed by atoms with Gasteiger partial charge in [-0.15, -0.1) is 0 Å². The predicted molar refractivity (Wildman–Crippen MR) is 104 cm³/mol. The number of carbonyl (C=O) groups excluding carboxylic acids is 1. The zero-order chi connectivity index (χ0) is 20.2. The van der Waals surface area contributed by atoms with Crippen LogP contribution < -0.4 is 10.1 Å². The molecule has 0 bridgehead atoms. The molecule has 29 heavy (non-hydrogen) atoms. The lowest BCUT2D eigenvalue weighted by Gasteiger charge is -2.17. The van der Waals surface area contributed by atoms with Gasteiger partial charge in [0.1, 0.15) is 18.4 Å². The highest BCUT2D eigenvalue weighted by atomic mass is 16.5. The number of pyridine rings is 1. The smallest absolute Gasteiger partial charge is 0.252 e. The van der Waals surface area contributed by atoms with E-state index >= 15 is 0 Å². The minimum absolute atomic E-state index is 0.0206. The van der Waals surface area contributed by atoms with Crippen LogP contribution in [0.2, 0.25) is 0 Å². The van der Waals surface area contributed by atoms with E-state index in [-0.39, 0.29) is 17.7 Å². The van der Waals surface area contributed by atoms with Gasteiger partial charge in [0.25, 0.3) is 5.89 Å². The van der Waals surface area contributed by atoms with E-state index in [1.165, 1.54) is 0 Å². The van der Waals surface area contributed by atoms with Crippen LogP contribution in [0.5, 0.6) is 5.75 Å². The highest BCUT2D eigenvalue weighted by Gasteiger charge is 2.34. The van der Waals surface area contributed by atoms with Crippen molar-refractivity contribution >= 4 is 5.91 Å². The Morgan fingerprint density at radius 2 is 2.21 bits per heavy atom. The number of aromatic nitrogens is 3. The molecule has 1 fully saturated rings. The van der Waals surface area contributed by atoms with Crippen molar-refractivity contribution in [3.8, 4) is 17.1 Å². The molecule has 8 heteroatoms. The van der Waals surface area contributed by atoms with E-state index in [1.807, 2.05) is 36.4 Å². The van der Waals surface area contributed by atoms with E-state index in [0.29, 0.717) is 23.7 Å². The van der Waals surface area contributed by atoms with Crippen LogP contribution in [0, 0.1) is 5.92 Å². The topological polar surface area (TPSA) is 110 Å². The minimum Gasteiger partial charge on any atom is -0.489 e. The average Bonchev–Trinajstić information content (AvgIpc) is 3.48. The summed E-state index contributed by atoms with van der Waals surface area (Å²) in [5.41, 5.74) is 1.67. The molecule has 1 aliphatic carbocycles. The number of aliphatic hydroxyl groups excluding tert-OH is 1. The summed E-state index contributed by atoms with van der Waals surface area (Å²) in [5.74, 6) is 1.12. The van der Waals surface area contributed by atoms with Gasteiger partial charge in [0.15, 0.2) is 0 Å². The zero-order valence-corrected chi connectivity index (χ0v) is 16.0. The second-order valence-electron chi connectivity index (χ2n) is 7.14. The molecule has 0 unspecified atom stereocenters. The lowest BCUT2D eigenvalue weighted by atomic mass is 10.1. The lowest BCUT2D eigenvalue weighted by molar-refractivity contribution is -0.124. The second kappa shape index (κ2) is 8.40. The van der Waals surface area contributed by atoms with Gasteiger partial charge in [-0.25, -0.2) is 0 Å². The summed E-state index contributed by atoms with van der Waals surface area (Å²) in [7, 11) is 0. The molecule has 1 aromatic carbocycles. The molecule has 0 spiro atoms. The fraction of sp³-hybridized carbons (Fsp3) is 0.333. The molecule has 3 aromatic rings. The van der Waals surface area contributed by atoms with Crippen LogP contribution in [0.4, 0.5) is 0 Å².